The molecule has 1 aromatic rings. The summed E-state index contributed by atoms with van der Waals surface area (Å²) in [7, 11) is 0. The number of benzene rings is 1. The van der Waals surface area contributed by atoms with Gasteiger partial charge in [0.25, 0.3) is 0 Å². The smallest absolute Gasteiger partial charge is 0.122 e. The Balaban J connectivity index is 0.00000301. The highest BCUT2D eigenvalue weighted by molar-refractivity contribution is 5.41. The average molecular weight is 353 g/mol. The molecule has 1 rings (SSSR count). The zero-order valence-electron chi connectivity index (χ0n) is 17.7. The third kappa shape index (κ3) is 8.77. The monoisotopic (exact) mass is 352 g/mol. The summed E-state index contributed by atoms with van der Waals surface area (Å²) in [6, 6.07) is 8.34. The van der Waals surface area contributed by atoms with Crippen molar-refractivity contribution in [3.05, 3.63) is 65.3 Å². The van der Waals surface area contributed by atoms with Gasteiger partial charge >= 0.3 is 0 Å². The number of hydrogen-bond acceptors (Lipinski definition) is 1. The maximum atomic E-state index is 6.07. The minimum Gasteiger partial charge on any atom is -0.493 e. The van der Waals surface area contributed by atoms with Gasteiger partial charge in [-0.15, -0.1) is 12.8 Å². The Labute approximate surface area is 161 Å². The van der Waals surface area contributed by atoms with Crippen molar-refractivity contribution in [2.75, 3.05) is 6.61 Å². The summed E-state index contributed by atoms with van der Waals surface area (Å²) in [4.78, 5) is 0. The van der Waals surface area contributed by atoms with Gasteiger partial charge in [-0.1, -0.05) is 71.5 Å². The number of allylic oxidation sites excluding steroid dienone is 5. The Bertz CT molecular complexity index is 648. The van der Waals surface area contributed by atoms with Gasteiger partial charge in [-0.2, -0.15) is 0 Å². The van der Waals surface area contributed by atoms with E-state index >= 15 is 0 Å². The van der Waals surface area contributed by atoms with Crippen molar-refractivity contribution in [2.45, 2.75) is 54.9 Å². The van der Waals surface area contributed by atoms with Crippen LogP contribution >= 0.6 is 0 Å². The van der Waals surface area contributed by atoms with Crippen LogP contribution in [0, 0.1) is 24.2 Å². The van der Waals surface area contributed by atoms with Crippen LogP contribution in [0.1, 0.15) is 54.0 Å². The van der Waals surface area contributed by atoms with E-state index in [-0.39, 0.29) is 5.41 Å². The molecule has 0 bridgehead atoms. The van der Waals surface area contributed by atoms with E-state index in [1.165, 1.54) is 22.3 Å². The van der Waals surface area contributed by atoms with Crippen molar-refractivity contribution in [1.29, 1.82) is 0 Å². The molecule has 0 saturated carbocycles. The van der Waals surface area contributed by atoms with Crippen molar-refractivity contribution in [2.24, 2.45) is 11.3 Å². The van der Waals surface area contributed by atoms with Crippen LogP contribution in [0.25, 0.3) is 0 Å². The molecule has 1 nitrogen and oxygen atoms in total. The lowest BCUT2D eigenvalue weighted by atomic mass is 9.94. The SMILES string of the molecule is C#C.C=C(/C(C)=C\C(=C/C)Cc1ccccc1OCC(C)(C)C)C(C)C. The number of hydrogen-bond donors (Lipinski definition) is 0. The lowest BCUT2D eigenvalue weighted by Gasteiger charge is -2.20. The maximum Gasteiger partial charge on any atom is 0.122 e. The van der Waals surface area contributed by atoms with E-state index in [0.717, 1.165) is 12.2 Å². The quantitative estimate of drug-likeness (QED) is 0.379. The summed E-state index contributed by atoms with van der Waals surface area (Å²) in [6.45, 7) is 20.1. The van der Waals surface area contributed by atoms with E-state index < -0.39 is 0 Å². The Morgan fingerprint density at radius 2 is 1.77 bits per heavy atom. The second-order valence-electron chi connectivity index (χ2n) is 8.00. The van der Waals surface area contributed by atoms with Gasteiger partial charge in [0.15, 0.2) is 0 Å². The second-order valence-corrected chi connectivity index (χ2v) is 8.00. The zero-order valence-corrected chi connectivity index (χ0v) is 17.7. The third-order valence-corrected chi connectivity index (χ3v) is 4.00. The highest BCUT2D eigenvalue weighted by Gasteiger charge is 2.13. The van der Waals surface area contributed by atoms with Gasteiger partial charge in [-0.05, 0) is 53.5 Å². The van der Waals surface area contributed by atoms with Gasteiger partial charge in [-0.3, -0.25) is 0 Å². The van der Waals surface area contributed by atoms with Crippen LogP contribution in [0.3, 0.4) is 0 Å². The fourth-order valence-electron chi connectivity index (χ4n) is 2.37. The largest absolute Gasteiger partial charge is 0.493 e. The van der Waals surface area contributed by atoms with Crippen molar-refractivity contribution < 1.29 is 4.74 Å². The molecule has 0 radical (unpaired) electrons. The van der Waals surface area contributed by atoms with E-state index in [4.69, 9.17) is 4.74 Å². The Morgan fingerprint density at radius 1 is 1.19 bits per heavy atom. The summed E-state index contributed by atoms with van der Waals surface area (Å²) < 4.78 is 6.07. The van der Waals surface area contributed by atoms with Crippen LogP contribution in [0.5, 0.6) is 5.75 Å². The molecule has 0 aliphatic heterocycles. The molecule has 0 N–H and O–H groups in total. The molecular weight excluding hydrogens is 316 g/mol. The van der Waals surface area contributed by atoms with Gasteiger partial charge < -0.3 is 4.74 Å². The lowest BCUT2D eigenvalue weighted by molar-refractivity contribution is 0.196. The maximum absolute atomic E-state index is 6.07. The molecule has 26 heavy (non-hydrogen) atoms. The molecule has 0 heterocycles. The van der Waals surface area contributed by atoms with Gasteiger partial charge in [0.05, 0.1) is 6.61 Å². The van der Waals surface area contributed by atoms with Crippen LogP contribution < -0.4 is 4.74 Å². The van der Waals surface area contributed by atoms with Crippen molar-refractivity contribution in [3.8, 4) is 18.6 Å². The molecule has 0 fully saturated rings. The molecule has 0 amide bonds. The molecule has 0 aliphatic carbocycles. The topological polar surface area (TPSA) is 9.23 Å². The molecule has 1 heteroatoms. The van der Waals surface area contributed by atoms with Crippen LogP contribution in [0.2, 0.25) is 0 Å². The van der Waals surface area contributed by atoms with Gasteiger partial charge in [0.2, 0.25) is 0 Å². The van der Waals surface area contributed by atoms with Crippen LogP contribution in [-0.4, -0.2) is 6.61 Å². The van der Waals surface area contributed by atoms with Gasteiger partial charge in [-0.25, -0.2) is 0 Å². The van der Waals surface area contributed by atoms with E-state index in [1.807, 2.05) is 6.07 Å². The summed E-state index contributed by atoms with van der Waals surface area (Å²) in [5.41, 5.74) is 5.13. The molecule has 0 saturated heterocycles. The van der Waals surface area contributed by atoms with Crippen LogP contribution in [0.4, 0.5) is 0 Å². The van der Waals surface area contributed by atoms with Crippen LogP contribution in [0.15, 0.2) is 59.7 Å². The summed E-state index contributed by atoms with van der Waals surface area (Å²) >= 11 is 0. The molecule has 1 aromatic carbocycles. The first-order valence-corrected chi connectivity index (χ1v) is 9.20. The first-order valence-electron chi connectivity index (χ1n) is 9.20. The predicted molar refractivity (Wildman–Crippen MR) is 116 cm³/mol. The fourth-order valence-corrected chi connectivity index (χ4v) is 2.37. The zero-order chi connectivity index (χ0) is 20.3. The van der Waals surface area contributed by atoms with E-state index in [9.17, 15) is 0 Å². The standard InChI is InChI=1S/C23H34O.C2H2/c1-9-20(14-18(4)19(5)17(2)3)15-21-12-10-11-13-22(21)24-16-23(6,7)8;1-2/h9-14,17H,5,15-16H2,1-4,6-8H3;1-2H/b18-14-,20-9+;. The van der Waals surface area contributed by atoms with Crippen LogP contribution in [-0.2, 0) is 6.42 Å². The fraction of sp³-hybridized carbons (Fsp3) is 0.440. The molecule has 0 spiro atoms. The Morgan fingerprint density at radius 3 is 2.27 bits per heavy atom. The average Bonchev–Trinajstić information content (AvgIpc) is 2.60. The van der Waals surface area contributed by atoms with Gasteiger partial charge in [0, 0.05) is 6.42 Å². The summed E-state index contributed by atoms with van der Waals surface area (Å²) in [5.74, 6) is 1.46. The minimum absolute atomic E-state index is 0.155. The summed E-state index contributed by atoms with van der Waals surface area (Å²) in [5, 5.41) is 0. The number of ether oxygens (including phenoxy) is 1. The molecule has 0 unspecified atom stereocenters. The Hall–Kier alpha value is -2.20. The normalized spacial score (nSPS) is 12.4. The number of para-hydroxylation sites is 1. The second kappa shape index (κ2) is 11.4. The van der Waals surface area contributed by atoms with E-state index in [2.05, 4.69) is 98.2 Å². The van der Waals surface area contributed by atoms with Crippen molar-refractivity contribution >= 4 is 0 Å². The van der Waals surface area contributed by atoms with Crippen molar-refractivity contribution in [1.82, 2.24) is 0 Å². The third-order valence-electron chi connectivity index (χ3n) is 4.00. The van der Waals surface area contributed by atoms with E-state index in [0.29, 0.717) is 12.5 Å². The van der Waals surface area contributed by atoms with E-state index in [1.54, 1.807) is 0 Å². The lowest BCUT2D eigenvalue weighted by Crippen LogP contribution is -2.17. The highest BCUT2D eigenvalue weighted by atomic mass is 16.5. The highest BCUT2D eigenvalue weighted by Crippen LogP contribution is 2.26. The first kappa shape index (κ1) is 23.8. The van der Waals surface area contributed by atoms with Crippen molar-refractivity contribution in [3.63, 3.8) is 0 Å². The predicted octanol–water partition coefficient (Wildman–Crippen LogP) is 7.01. The number of terminal acetylenes is 1. The van der Waals surface area contributed by atoms with Gasteiger partial charge in [0.1, 0.15) is 5.75 Å². The Kier molecular flexibility index (Phi) is 10.5. The molecule has 0 aliphatic rings. The molecule has 0 aromatic heterocycles. The molecule has 0 atom stereocenters. The minimum atomic E-state index is 0.155. The molecular formula is C25H36O. The summed E-state index contributed by atoms with van der Waals surface area (Å²) in [6.07, 6.45) is 13.3. The molecule has 142 valence electrons. The first-order chi connectivity index (χ1) is 12.1. The number of rotatable bonds is 7.